The second-order valence-corrected chi connectivity index (χ2v) is 5.53. The van der Waals surface area contributed by atoms with Gasteiger partial charge < -0.3 is 5.32 Å². The van der Waals surface area contributed by atoms with Crippen LogP contribution in [0.3, 0.4) is 0 Å². The molecule has 0 bridgehead atoms. The third-order valence-corrected chi connectivity index (χ3v) is 2.96. The molecule has 1 N–H and O–H groups in total. The third-order valence-electron chi connectivity index (χ3n) is 2.55. The summed E-state index contributed by atoms with van der Waals surface area (Å²) in [5.41, 5.74) is 2.05. The molecular formula is C14H14BrN3O. The van der Waals surface area contributed by atoms with Crippen LogP contribution in [0.4, 0.5) is 5.82 Å². The Morgan fingerprint density at radius 1 is 1.32 bits per heavy atom. The van der Waals surface area contributed by atoms with E-state index in [0.29, 0.717) is 5.82 Å². The average Bonchev–Trinajstić information content (AvgIpc) is 2.42. The molecule has 0 fully saturated rings. The van der Waals surface area contributed by atoms with E-state index in [0.717, 1.165) is 17.7 Å². The first-order chi connectivity index (χ1) is 9.15. The fraction of sp³-hybridized carbons (Fsp3) is 0.214. The minimum absolute atomic E-state index is 0.107. The van der Waals surface area contributed by atoms with Gasteiger partial charge in [-0.2, -0.15) is 0 Å². The van der Waals surface area contributed by atoms with Crippen LogP contribution in [0.5, 0.6) is 0 Å². The molecule has 1 unspecified atom stereocenters. The number of halogens is 1. The number of aromatic nitrogens is 2. The number of alkyl halides is 1. The number of nitrogens with one attached hydrogen (secondary N) is 1. The van der Waals surface area contributed by atoms with Gasteiger partial charge in [0.25, 0.3) is 0 Å². The monoisotopic (exact) mass is 319 g/mol. The molecule has 1 atom stereocenters. The molecule has 0 aliphatic carbocycles. The Morgan fingerprint density at radius 2 is 2.16 bits per heavy atom. The van der Waals surface area contributed by atoms with Gasteiger partial charge in [-0.3, -0.25) is 9.78 Å². The Kier molecular flexibility index (Phi) is 4.63. The summed E-state index contributed by atoms with van der Waals surface area (Å²) < 4.78 is 0. The molecule has 19 heavy (non-hydrogen) atoms. The Morgan fingerprint density at radius 3 is 2.74 bits per heavy atom. The van der Waals surface area contributed by atoms with Crippen molar-refractivity contribution < 1.29 is 4.79 Å². The molecule has 1 amide bonds. The van der Waals surface area contributed by atoms with Crippen molar-refractivity contribution in [2.75, 3.05) is 5.32 Å². The first-order valence-corrected chi connectivity index (χ1v) is 6.86. The second-order valence-electron chi connectivity index (χ2n) is 4.15. The average molecular weight is 320 g/mol. The number of amides is 1. The lowest BCUT2D eigenvalue weighted by molar-refractivity contribution is -0.115. The molecule has 2 aromatic heterocycles. The number of rotatable bonds is 4. The van der Waals surface area contributed by atoms with E-state index in [1.54, 1.807) is 25.4 Å². The topological polar surface area (TPSA) is 54.9 Å². The van der Waals surface area contributed by atoms with Gasteiger partial charge in [-0.1, -0.05) is 28.1 Å². The van der Waals surface area contributed by atoms with Crippen molar-refractivity contribution in [2.24, 2.45) is 0 Å². The molecule has 4 nitrogen and oxygen atoms in total. The molecule has 0 aliphatic rings. The number of carbonyl (C=O) groups excluding carboxylic acids is 1. The van der Waals surface area contributed by atoms with Crippen molar-refractivity contribution in [3.8, 4) is 0 Å². The van der Waals surface area contributed by atoms with Gasteiger partial charge in [-0.05, 0) is 30.7 Å². The van der Waals surface area contributed by atoms with Crippen LogP contribution >= 0.6 is 15.9 Å². The fourth-order valence-electron chi connectivity index (χ4n) is 1.54. The quantitative estimate of drug-likeness (QED) is 0.882. The van der Waals surface area contributed by atoms with E-state index >= 15 is 0 Å². The van der Waals surface area contributed by atoms with Crippen molar-refractivity contribution in [1.82, 2.24) is 9.97 Å². The molecular weight excluding hydrogens is 306 g/mol. The van der Waals surface area contributed by atoms with E-state index in [-0.39, 0.29) is 10.7 Å². The van der Waals surface area contributed by atoms with Crippen LogP contribution in [0, 0.1) is 0 Å². The van der Waals surface area contributed by atoms with Gasteiger partial charge in [0.15, 0.2) is 0 Å². The first-order valence-electron chi connectivity index (χ1n) is 5.95. The van der Waals surface area contributed by atoms with E-state index in [1.807, 2.05) is 24.3 Å². The van der Waals surface area contributed by atoms with Gasteiger partial charge in [0.1, 0.15) is 5.82 Å². The molecule has 2 heterocycles. The number of hydrogen-bond donors (Lipinski definition) is 1. The predicted octanol–water partition coefficient (Wildman–Crippen LogP) is 2.79. The Hall–Kier alpha value is -1.75. The number of pyridine rings is 2. The normalized spacial score (nSPS) is 11.9. The third kappa shape index (κ3) is 4.13. The molecule has 0 aliphatic heterocycles. The van der Waals surface area contributed by atoms with Crippen LogP contribution in [0.15, 0.2) is 42.7 Å². The standard InChI is InChI=1S/C14H14BrN3O/c1-10(15)14(19)18-13-6-5-11(9-17-13)8-12-4-2-3-7-16-12/h2-7,9-10H,8H2,1H3,(H,17,18,19). The molecule has 5 heteroatoms. The zero-order valence-electron chi connectivity index (χ0n) is 10.5. The van der Waals surface area contributed by atoms with Gasteiger partial charge in [0.05, 0.1) is 4.83 Å². The molecule has 0 radical (unpaired) electrons. The molecule has 0 spiro atoms. The summed E-state index contributed by atoms with van der Waals surface area (Å²) >= 11 is 3.21. The summed E-state index contributed by atoms with van der Waals surface area (Å²) in [5, 5.41) is 2.72. The zero-order valence-corrected chi connectivity index (χ0v) is 12.1. The zero-order chi connectivity index (χ0) is 13.7. The van der Waals surface area contributed by atoms with E-state index < -0.39 is 0 Å². The minimum atomic E-state index is -0.234. The number of nitrogens with zero attached hydrogens (tertiary/aromatic N) is 2. The lowest BCUT2D eigenvalue weighted by atomic mass is 10.1. The Balaban J connectivity index is 2.01. The van der Waals surface area contributed by atoms with Crippen LogP contribution < -0.4 is 5.32 Å². The predicted molar refractivity (Wildman–Crippen MR) is 78.3 cm³/mol. The summed E-state index contributed by atoms with van der Waals surface area (Å²) in [6.45, 7) is 1.77. The minimum Gasteiger partial charge on any atom is -0.310 e. The maximum Gasteiger partial charge on any atom is 0.239 e. The van der Waals surface area contributed by atoms with Gasteiger partial charge in [-0.15, -0.1) is 0 Å². The molecule has 2 aromatic rings. The van der Waals surface area contributed by atoms with Crippen molar-refractivity contribution in [2.45, 2.75) is 18.2 Å². The van der Waals surface area contributed by atoms with Crippen LogP contribution in [-0.4, -0.2) is 20.7 Å². The largest absolute Gasteiger partial charge is 0.310 e. The maximum atomic E-state index is 11.5. The van der Waals surface area contributed by atoms with Crippen LogP contribution in [0.1, 0.15) is 18.2 Å². The molecule has 0 saturated carbocycles. The summed E-state index contributed by atoms with van der Waals surface area (Å²) in [6.07, 6.45) is 4.26. The summed E-state index contributed by atoms with van der Waals surface area (Å²) in [5.74, 6) is 0.450. The van der Waals surface area contributed by atoms with Gasteiger partial charge in [0.2, 0.25) is 5.91 Å². The summed E-state index contributed by atoms with van der Waals surface area (Å²) in [6, 6.07) is 9.56. The number of anilines is 1. The van der Waals surface area contributed by atoms with Crippen molar-refractivity contribution in [1.29, 1.82) is 0 Å². The highest BCUT2D eigenvalue weighted by molar-refractivity contribution is 9.10. The fourth-order valence-corrected chi connectivity index (χ4v) is 1.65. The van der Waals surface area contributed by atoms with E-state index in [4.69, 9.17) is 0 Å². The van der Waals surface area contributed by atoms with Gasteiger partial charge >= 0.3 is 0 Å². The number of carbonyl (C=O) groups is 1. The van der Waals surface area contributed by atoms with E-state index in [2.05, 4.69) is 31.2 Å². The van der Waals surface area contributed by atoms with Crippen molar-refractivity contribution in [3.63, 3.8) is 0 Å². The highest BCUT2D eigenvalue weighted by Gasteiger charge is 2.09. The smallest absolute Gasteiger partial charge is 0.239 e. The second kappa shape index (κ2) is 6.43. The molecule has 98 valence electrons. The van der Waals surface area contributed by atoms with E-state index in [9.17, 15) is 4.79 Å². The lowest BCUT2D eigenvalue weighted by Crippen LogP contribution is -2.20. The van der Waals surface area contributed by atoms with Gasteiger partial charge in [0, 0.05) is 24.5 Å². The summed E-state index contributed by atoms with van der Waals surface area (Å²) in [7, 11) is 0. The van der Waals surface area contributed by atoms with Gasteiger partial charge in [-0.25, -0.2) is 4.98 Å². The number of hydrogen-bond acceptors (Lipinski definition) is 3. The van der Waals surface area contributed by atoms with Crippen LogP contribution in [0.2, 0.25) is 0 Å². The Labute approximate surface area is 120 Å². The maximum absolute atomic E-state index is 11.5. The summed E-state index contributed by atoms with van der Waals surface area (Å²) in [4.78, 5) is 19.7. The van der Waals surface area contributed by atoms with E-state index in [1.165, 1.54) is 0 Å². The molecule has 2 rings (SSSR count). The highest BCUT2D eigenvalue weighted by Crippen LogP contribution is 2.10. The highest BCUT2D eigenvalue weighted by atomic mass is 79.9. The van der Waals surface area contributed by atoms with Crippen LogP contribution in [-0.2, 0) is 11.2 Å². The Bertz CT molecular complexity index is 540. The lowest BCUT2D eigenvalue weighted by Gasteiger charge is -2.06. The van der Waals surface area contributed by atoms with Crippen LogP contribution in [0.25, 0.3) is 0 Å². The SMILES string of the molecule is CC(Br)C(=O)Nc1ccc(Cc2ccccn2)cn1. The first kappa shape index (κ1) is 13.7. The molecule has 0 aromatic carbocycles. The van der Waals surface area contributed by atoms with Crippen molar-refractivity contribution >= 4 is 27.7 Å². The van der Waals surface area contributed by atoms with Crippen molar-refractivity contribution in [3.05, 3.63) is 54.0 Å². The molecule has 0 saturated heterocycles.